The summed E-state index contributed by atoms with van der Waals surface area (Å²) in [6.07, 6.45) is 7.45. The Balaban J connectivity index is 1.73. The fourth-order valence-corrected chi connectivity index (χ4v) is 3.23. The third-order valence-corrected chi connectivity index (χ3v) is 4.56. The number of nitrogens with zero attached hydrogens (tertiary/aromatic N) is 1. The molecule has 1 unspecified atom stereocenters. The average Bonchev–Trinajstić information content (AvgIpc) is 2.89. The highest BCUT2D eigenvalue weighted by atomic mass is 32.2. The number of rotatable bonds is 6. The molecule has 1 aliphatic heterocycles. The van der Waals surface area contributed by atoms with Crippen molar-refractivity contribution in [2.45, 2.75) is 38.3 Å². The molecule has 1 aromatic rings. The third-order valence-electron chi connectivity index (χ3n) is 3.20. The predicted octanol–water partition coefficient (Wildman–Crippen LogP) is 0.361. The van der Waals surface area contributed by atoms with Crippen LogP contribution < -0.4 is 10.0 Å². The summed E-state index contributed by atoms with van der Waals surface area (Å²) in [6.45, 7) is 1.31. The molecule has 3 N–H and O–H groups in total. The van der Waals surface area contributed by atoms with Crippen molar-refractivity contribution in [3.63, 3.8) is 0 Å². The van der Waals surface area contributed by atoms with E-state index in [-0.39, 0.29) is 5.75 Å². The lowest BCUT2D eigenvalue weighted by atomic mass is 10.0. The van der Waals surface area contributed by atoms with Crippen molar-refractivity contribution in [3.8, 4) is 0 Å². The molecule has 1 aromatic heterocycles. The Morgan fingerprint density at radius 3 is 3.00 bits per heavy atom. The van der Waals surface area contributed by atoms with E-state index in [1.165, 1.54) is 12.8 Å². The zero-order chi connectivity index (χ0) is 12.8. The number of nitrogens with one attached hydrogen (secondary N) is 3. The van der Waals surface area contributed by atoms with E-state index < -0.39 is 10.0 Å². The highest BCUT2D eigenvalue weighted by Gasteiger charge is 2.17. The van der Waals surface area contributed by atoms with Gasteiger partial charge >= 0.3 is 0 Å². The maximum Gasteiger partial charge on any atom is 0.211 e. The molecule has 0 bridgehead atoms. The minimum absolute atomic E-state index is 0.183. The SMILES string of the molecule is O=S(=O)(CCC1CCCCN1)NCc1cn[nH]c1. The lowest BCUT2D eigenvalue weighted by molar-refractivity contribution is 0.392. The standard InChI is InChI=1S/C11H20N4O2S/c16-18(17,15-9-10-7-13-14-8-10)6-4-11-3-1-2-5-12-11/h7-8,11-12,15H,1-6,9H2,(H,13,14). The van der Waals surface area contributed by atoms with Gasteiger partial charge in [0.05, 0.1) is 11.9 Å². The van der Waals surface area contributed by atoms with Crippen molar-refractivity contribution in [1.29, 1.82) is 0 Å². The van der Waals surface area contributed by atoms with E-state index >= 15 is 0 Å². The number of hydrogen-bond donors (Lipinski definition) is 3. The average molecular weight is 272 g/mol. The van der Waals surface area contributed by atoms with E-state index in [4.69, 9.17) is 0 Å². The van der Waals surface area contributed by atoms with Crippen molar-refractivity contribution in [1.82, 2.24) is 20.2 Å². The summed E-state index contributed by atoms with van der Waals surface area (Å²) in [7, 11) is -3.19. The summed E-state index contributed by atoms with van der Waals surface area (Å²) in [5.74, 6) is 0.183. The molecule has 7 heteroatoms. The van der Waals surface area contributed by atoms with Crippen molar-refractivity contribution >= 4 is 10.0 Å². The fraction of sp³-hybridized carbons (Fsp3) is 0.727. The third kappa shape index (κ3) is 4.40. The van der Waals surface area contributed by atoms with Gasteiger partial charge in [0, 0.05) is 24.3 Å². The highest BCUT2D eigenvalue weighted by molar-refractivity contribution is 7.89. The van der Waals surface area contributed by atoms with E-state index in [0.29, 0.717) is 19.0 Å². The molecule has 2 rings (SSSR count). The normalized spacial score (nSPS) is 21.0. The van der Waals surface area contributed by atoms with Crippen LogP contribution in [0.15, 0.2) is 12.4 Å². The van der Waals surface area contributed by atoms with Crippen LogP contribution in [0, 0.1) is 0 Å². The Bertz CT molecular complexity index is 438. The van der Waals surface area contributed by atoms with Gasteiger partial charge in [-0.1, -0.05) is 6.42 Å². The van der Waals surface area contributed by atoms with E-state index in [9.17, 15) is 8.42 Å². The Morgan fingerprint density at radius 1 is 1.44 bits per heavy atom. The summed E-state index contributed by atoms with van der Waals surface area (Å²) in [5, 5.41) is 9.78. The van der Waals surface area contributed by atoms with Crippen LogP contribution in [0.25, 0.3) is 0 Å². The van der Waals surface area contributed by atoms with Gasteiger partial charge in [0.1, 0.15) is 0 Å². The summed E-state index contributed by atoms with van der Waals surface area (Å²) >= 11 is 0. The molecule has 1 fully saturated rings. The zero-order valence-corrected chi connectivity index (χ0v) is 11.2. The molecule has 6 nitrogen and oxygen atoms in total. The van der Waals surface area contributed by atoms with Gasteiger partial charge in [-0.05, 0) is 25.8 Å². The Kier molecular flexibility index (Phi) is 4.73. The second kappa shape index (κ2) is 6.31. The van der Waals surface area contributed by atoms with Gasteiger partial charge < -0.3 is 5.32 Å². The van der Waals surface area contributed by atoms with Crippen molar-refractivity contribution in [3.05, 3.63) is 18.0 Å². The molecule has 0 radical (unpaired) electrons. The van der Waals surface area contributed by atoms with Gasteiger partial charge in [0.15, 0.2) is 0 Å². The summed E-state index contributed by atoms with van der Waals surface area (Å²) < 4.78 is 26.2. The summed E-state index contributed by atoms with van der Waals surface area (Å²) in [4.78, 5) is 0. The van der Waals surface area contributed by atoms with Crippen LogP contribution in [0.3, 0.4) is 0 Å². The van der Waals surface area contributed by atoms with Crippen LogP contribution >= 0.6 is 0 Å². The molecule has 0 spiro atoms. The number of piperidine rings is 1. The van der Waals surface area contributed by atoms with Crippen molar-refractivity contribution < 1.29 is 8.42 Å². The van der Waals surface area contributed by atoms with Gasteiger partial charge in [-0.25, -0.2) is 13.1 Å². The fourth-order valence-electron chi connectivity index (χ4n) is 2.11. The molecule has 0 amide bonds. The molecular formula is C11H20N4O2S. The van der Waals surface area contributed by atoms with Crippen molar-refractivity contribution in [2.24, 2.45) is 0 Å². The number of hydrogen-bond acceptors (Lipinski definition) is 4. The maximum atomic E-state index is 11.8. The first-order chi connectivity index (χ1) is 8.66. The van der Waals surface area contributed by atoms with Crippen molar-refractivity contribution in [2.75, 3.05) is 12.3 Å². The Labute approximate surface area is 108 Å². The molecule has 0 aliphatic carbocycles. The molecule has 0 aromatic carbocycles. The van der Waals surface area contributed by atoms with Crippen LogP contribution in [0.5, 0.6) is 0 Å². The number of sulfonamides is 1. The molecule has 1 saturated heterocycles. The van der Waals surface area contributed by atoms with Gasteiger partial charge in [0.2, 0.25) is 10.0 Å². The second-order valence-corrected chi connectivity index (χ2v) is 6.61. The van der Waals surface area contributed by atoms with Crippen LogP contribution in [0.1, 0.15) is 31.2 Å². The Hall–Kier alpha value is -0.920. The topological polar surface area (TPSA) is 86.9 Å². The lowest BCUT2D eigenvalue weighted by Gasteiger charge is -2.23. The number of aromatic amines is 1. The van der Waals surface area contributed by atoms with Gasteiger partial charge in [-0.15, -0.1) is 0 Å². The van der Waals surface area contributed by atoms with E-state index in [2.05, 4.69) is 20.2 Å². The van der Waals surface area contributed by atoms with E-state index in [0.717, 1.165) is 18.5 Å². The lowest BCUT2D eigenvalue weighted by Crippen LogP contribution is -2.37. The molecule has 1 atom stereocenters. The highest BCUT2D eigenvalue weighted by Crippen LogP contribution is 2.10. The first-order valence-electron chi connectivity index (χ1n) is 6.34. The minimum atomic E-state index is -3.19. The first kappa shape index (κ1) is 13.5. The Morgan fingerprint density at radius 2 is 2.33 bits per heavy atom. The van der Waals surface area contributed by atoms with Crippen LogP contribution in [0.2, 0.25) is 0 Å². The van der Waals surface area contributed by atoms with E-state index in [1.54, 1.807) is 12.4 Å². The van der Waals surface area contributed by atoms with Gasteiger partial charge in [0.25, 0.3) is 0 Å². The molecule has 2 heterocycles. The molecule has 18 heavy (non-hydrogen) atoms. The number of H-pyrrole nitrogens is 1. The van der Waals surface area contributed by atoms with Crippen LogP contribution in [-0.2, 0) is 16.6 Å². The predicted molar refractivity (Wildman–Crippen MR) is 69.5 cm³/mol. The van der Waals surface area contributed by atoms with Crippen LogP contribution in [0.4, 0.5) is 0 Å². The quantitative estimate of drug-likeness (QED) is 0.698. The number of aromatic nitrogens is 2. The second-order valence-electron chi connectivity index (χ2n) is 4.68. The molecular weight excluding hydrogens is 252 g/mol. The largest absolute Gasteiger partial charge is 0.314 e. The van der Waals surface area contributed by atoms with Crippen LogP contribution in [-0.4, -0.2) is 37.0 Å². The molecule has 1 aliphatic rings. The maximum absolute atomic E-state index is 11.8. The van der Waals surface area contributed by atoms with E-state index in [1.807, 2.05) is 0 Å². The zero-order valence-electron chi connectivity index (χ0n) is 10.4. The van der Waals surface area contributed by atoms with Gasteiger partial charge in [-0.3, -0.25) is 5.10 Å². The monoisotopic (exact) mass is 272 g/mol. The minimum Gasteiger partial charge on any atom is -0.314 e. The summed E-state index contributed by atoms with van der Waals surface area (Å²) in [6, 6.07) is 0.351. The molecule has 102 valence electrons. The smallest absolute Gasteiger partial charge is 0.211 e. The first-order valence-corrected chi connectivity index (χ1v) is 7.99. The van der Waals surface area contributed by atoms with Gasteiger partial charge in [-0.2, -0.15) is 5.10 Å². The summed E-state index contributed by atoms with van der Waals surface area (Å²) in [5.41, 5.74) is 0.842. The molecule has 0 saturated carbocycles.